The van der Waals surface area contributed by atoms with Gasteiger partial charge in [0, 0.05) is 56.8 Å². The normalized spacial score (nSPS) is 23.8. The van der Waals surface area contributed by atoms with Gasteiger partial charge in [-0.05, 0) is 38.5 Å². The molecule has 0 aromatic carbocycles. The molecule has 1 amide bonds. The van der Waals surface area contributed by atoms with Crippen LogP contribution in [0.4, 0.5) is 11.8 Å². The average Bonchev–Trinajstić information content (AvgIpc) is 2.62. The van der Waals surface area contributed by atoms with Crippen LogP contribution in [0.5, 0.6) is 0 Å². The van der Waals surface area contributed by atoms with Crippen molar-refractivity contribution in [3.8, 4) is 0 Å². The number of aromatic nitrogens is 2. The number of amides is 1. The lowest BCUT2D eigenvalue weighted by atomic mass is 9.73. The lowest BCUT2D eigenvalue weighted by Gasteiger charge is -2.48. The third-order valence-corrected chi connectivity index (χ3v) is 5.77. The number of nitrogens with zero attached hydrogens (tertiary/aromatic N) is 4. The van der Waals surface area contributed by atoms with Gasteiger partial charge in [0.1, 0.15) is 5.82 Å². The molecule has 2 saturated heterocycles. The number of likely N-dealkylation sites (tertiary alicyclic amines) is 1. The zero-order valence-corrected chi connectivity index (χ0v) is 16.7. The molecule has 0 saturated carbocycles. The summed E-state index contributed by atoms with van der Waals surface area (Å²) in [4.78, 5) is 26.0. The highest BCUT2D eigenvalue weighted by Gasteiger charge is 2.42. The molecule has 2 aliphatic heterocycles. The molecule has 3 heterocycles. The van der Waals surface area contributed by atoms with Crippen LogP contribution in [-0.4, -0.2) is 54.0 Å². The van der Waals surface area contributed by atoms with Gasteiger partial charge in [0.15, 0.2) is 0 Å². The van der Waals surface area contributed by atoms with Gasteiger partial charge in [-0.15, -0.1) is 0 Å². The van der Waals surface area contributed by atoms with Gasteiger partial charge >= 0.3 is 0 Å². The minimum atomic E-state index is 0.210. The van der Waals surface area contributed by atoms with Crippen molar-refractivity contribution >= 4 is 17.7 Å². The van der Waals surface area contributed by atoms with E-state index in [9.17, 15) is 4.79 Å². The first kappa shape index (κ1) is 18.9. The molecule has 2 fully saturated rings. The quantitative estimate of drug-likeness (QED) is 0.875. The molecule has 2 aliphatic rings. The van der Waals surface area contributed by atoms with Gasteiger partial charge in [-0.2, -0.15) is 4.98 Å². The molecule has 6 nitrogen and oxygen atoms in total. The van der Waals surface area contributed by atoms with Crippen LogP contribution in [0.3, 0.4) is 0 Å². The summed E-state index contributed by atoms with van der Waals surface area (Å²) in [5.41, 5.74) is 1.19. The Labute approximate surface area is 157 Å². The highest BCUT2D eigenvalue weighted by Crippen LogP contribution is 2.40. The fourth-order valence-electron chi connectivity index (χ4n) is 4.28. The van der Waals surface area contributed by atoms with E-state index in [2.05, 4.69) is 45.0 Å². The third kappa shape index (κ3) is 4.27. The van der Waals surface area contributed by atoms with Gasteiger partial charge in [-0.3, -0.25) is 4.79 Å². The predicted octanol–water partition coefficient (Wildman–Crippen LogP) is 3.08. The van der Waals surface area contributed by atoms with E-state index < -0.39 is 0 Å². The fourth-order valence-corrected chi connectivity index (χ4v) is 4.28. The Morgan fingerprint density at radius 1 is 1.27 bits per heavy atom. The third-order valence-electron chi connectivity index (χ3n) is 5.77. The largest absolute Gasteiger partial charge is 0.357 e. The van der Waals surface area contributed by atoms with Crippen molar-refractivity contribution in [2.75, 3.05) is 43.4 Å². The van der Waals surface area contributed by atoms with Gasteiger partial charge in [-0.1, -0.05) is 13.8 Å². The summed E-state index contributed by atoms with van der Waals surface area (Å²) in [5.74, 6) is 2.65. The molecule has 0 aliphatic carbocycles. The molecule has 6 heteroatoms. The van der Waals surface area contributed by atoms with Gasteiger partial charge in [0.2, 0.25) is 11.9 Å². The van der Waals surface area contributed by atoms with Crippen LogP contribution < -0.4 is 10.2 Å². The number of anilines is 2. The number of carbonyl (C=O) groups excluding carboxylic acids is 1. The van der Waals surface area contributed by atoms with Crippen LogP contribution in [0.25, 0.3) is 0 Å². The molecule has 0 radical (unpaired) electrons. The fraction of sp³-hybridized carbons (Fsp3) is 0.750. The first-order valence-corrected chi connectivity index (χ1v) is 9.97. The SMILES string of the molecule is CNc1nc(C)cc(N2CCC[C@]3(CCC(=O)N(CCC(C)C)C3)C2)n1. The molecule has 1 N–H and O–H groups in total. The Balaban J connectivity index is 1.74. The van der Waals surface area contributed by atoms with E-state index >= 15 is 0 Å². The van der Waals surface area contributed by atoms with Crippen LogP contribution >= 0.6 is 0 Å². The number of hydrogen-bond donors (Lipinski definition) is 1. The second-order valence-corrected chi connectivity index (χ2v) is 8.46. The van der Waals surface area contributed by atoms with E-state index in [4.69, 9.17) is 0 Å². The van der Waals surface area contributed by atoms with Crippen LogP contribution in [0.1, 0.15) is 51.6 Å². The number of hydrogen-bond acceptors (Lipinski definition) is 5. The maximum atomic E-state index is 12.4. The molecule has 144 valence electrons. The minimum absolute atomic E-state index is 0.210. The second-order valence-electron chi connectivity index (χ2n) is 8.46. The van der Waals surface area contributed by atoms with Crippen molar-refractivity contribution in [3.05, 3.63) is 11.8 Å². The Hall–Kier alpha value is -1.85. The molecule has 1 aromatic rings. The molecule has 1 aromatic heterocycles. The molecule has 26 heavy (non-hydrogen) atoms. The Morgan fingerprint density at radius 3 is 2.81 bits per heavy atom. The van der Waals surface area contributed by atoms with Crippen molar-refractivity contribution < 1.29 is 4.79 Å². The maximum Gasteiger partial charge on any atom is 0.224 e. The van der Waals surface area contributed by atoms with Crippen LogP contribution in [-0.2, 0) is 4.79 Å². The molecular weight excluding hydrogens is 326 g/mol. The Morgan fingerprint density at radius 2 is 2.08 bits per heavy atom. The topological polar surface area (TPSA) is 61.4 Å². The van der Waals surface area contributed by atoms with Gasteiger partial charge in [0.25, 0.3) is 0 Å². The van der Waals surface area contributed by atoms with E-state index in [0.29, 0.717) is 24.2 Å². The van der Waals surface area contributed by atoms with Crippen LogP contribution in [0, 0.1) is 18.3 Å². The molecule has 1 spiro atoms. The number of carbonyl (C=O) groups is 1. The molecule has 0 unspecified atom stereocenters. The van der Waals surface area contributed by atoms with E-state index in [1.807, 2.05) is 14.0 Å². The number of aryl methyl sites for hydroxylation is 1. The van der Waals surface area contributed by atoms with Crippen molar-refractivity contribution in [3.63, 3.8) is 0 Å². The number of rotatable bonds is 5. The molecule has 1 atom stereocenters. The maximum absolute atomic E-state index is 12.4. The second kappa shape index (κ2) is 7.80. The smallest absolute Gasteiger partial charge is 0.224 e. The molecule has 0 bridgehead atoms. The minimum Gasteiger partial charge on any atom is -0.357 e. The van der Waals surface area contributed by atoms with Crippen LogP contribution in [0.2, 0.25) is 0 Å². The first-order valence-electron chi connectivity index (χ1n) is 9.97. The van der Waals surface area contributed by atoms with Crippen molar-refractivity contribution in [2.24, 2.45) is 11.3 Å². The van der Waals surface area contributed by atoms with Crippen molar-refractivity contribution in [2.45, 2.75) is 52.9 Å². The Bertz CT molecular complexity index is 647. The summed E-state index contributed by atoms with van der Waals surface area (Å²) in [6.07, 6.45) is 5.14. The van der Waals surface area contributed by atoms with E-state index in [1.165, 1.54) is 6.42 Å². The highest BCUT2D eigenvalue weighted by atomic mass is 16.2. The lowest BCUT2D eigenvalue weighted by molar-refractivity contribution is -0.138. The van der Waals surface area contributed by atoms with E-state index in [0.717, 1.165) is 57.0 Å². The summed E-state index contributed by atoms with van der Waals surface area (Å²) in [5, 5.41) is 3.06. The summed E-state index contributed by atoms with van der Waals surface area (Å²) < 4.78 is 0. The highest BCUT2D eigenvalue weighted by molar-refractivity contribution is 5.77. The van der Waals surface area contributed by atoms with Crippen molar-refractivity contribution in [1.29, 1.82) is 0 Å². The van der Waals surface area contributed by atoms with E-state index in [-0.39, 0.29) is 5.41 Å². The molecular formula is C20H33N5O. The average molecular weight is 360 g/mol. The summed E-state index contributed by atoms with van der Waals surface area (Å²) in [6.45, 7) is 10.3. The summed E-state index contributed by atoms with van der Waals surface area (Å²) in [6, 6.07) is 2.07. The van der Waals surface area contributed by atoms with Gasteiger partial charge < -0.3 is 15.1 Å². The van der Waals surface area contributed by atoms with Gasteiger partial charge in [-0.25, -0.2) is 4.98 Å². The number of piperidine rings is 2. The van der Waals surface area contributed by atoms with Crippen molar-refractivity contribution in [1.82, 2.24) is 14.9 Å². The summed E-state index contributed by atoms with van der Waals surface area (Å²) in [7, 11) is 1.86. The zero-order valence-electron chi connectivity index (χ0n) is 16.7. The zero-order chi connectivity index (χ0) is 18.7. The standard InChI is InChI=1S/C20H33N5O/c1-15(2)7-11-25-14-20(9-6-18(25)26)8-5-10-24(13-20)17-12-16(3)22-19(21-4)23-17/h12,15H,5-11,13-14H2,1-4H3,(H,21,22,23)/t20-/m0/s1. The lowest BCUT2D eigenvalue weighted by Crippen LogP contribution is -2.54. The Kier molecular flexibility index (Phi) is 5.68. The molecule has 3 rings (SSSR count). The van der Waals surface area contributed by atoms with Gasteiger partial charge in [0.05, 0.1) is 0 Å². The van der Waals surface area contributed by atoms with Crippen LogP contribution in [0.15, 0.2) is 6.07 Å². The predicted molar refractivity (Wildman–Crippen MR) is 105 cm³/mol. The summed E-state index contributed by atoms with van der Waals surface area (Å²) >= 11 is 0. The van der Waals surface area contributed by atoms with E-state index in [1.54, 1.807) is 0 Å². The number of nitrogens with one attached hydrogen (secondary N) is 1. The monoisotopic (exact) mass is 359 g/mol. The first-order chi connectivity index (χ1) is 12.4.